The second-order valence-electron chi connectivity index (χ2n) is 7.01. The molecule has 32 heavy (non-hydrogen) atoms. The zero-order valence-corrected chi connectivity index (χ0v) is 17.8. The van der Waals surface area contributed by atoms with Gasteiger partial charge in [0.25, 0.3) is 0 Å². The molecule has 0 aliphatic carbocycles. The highest BCUT2D eigenvalue weighted by atomic mass is 19.1. The molecule has 3 N–H and O–H groups in total. The summed E-state index contributed by atoms with van der Waals surface area (Å²) in [6.07, 6.45) is 1.05. The first kappa shape index (κ1) is 23.0. The van der Waals surface area contributed by atoms with Gasteiger partial charge in [-0.2, -0.15) is 0 Å². The number of aromatic carboxylic acids is 1. The van der Waals surface area contributed by atoms with Crippen molar-refractivity contribution < 1.29 is 28.4 Å². The van der Waals surface area contributed by atoms with Crippen LogP contribution < -0.4 is 16.1 Å². The van der Waals surface area contributed by atoms with Crippen LogP contribution in [-0.4, -0.2) is 54.0 Å². The minimum Gasteiger partial charge on any atom is -0.477 e. The maximum absolute atomic E-state index is 15.6. The topological polar surface area (TPSA) is 132 Å². The second kappa shape index (κ2) is 9.20. The summed E-state index contributed by atoms with van der Waals surface area (Å²) in [5.41, 5.74) is 4.25. The number of benzene rings is 1. The predicted molar refractivity (Wildman–Crippen MR) is 114 cm³/mol. The molecule has 1 saturated heterocycles. The second-order valence-corrected chi connectivity index (χ2v) is 7.01. The van der Waals surface area contributed by atoms with E-state index in [-0.39, 0.29) is 43.0 Å². The van der Waals surface area contributed by atoms with Gasteiger partial charge in [0.2, 0.25) is 5.43 Å². The number of fused-ring (bicyclic) bond motifs is 1. The molecule has 1 fully saturated rings. The van der Waals surface area contributed by atoms with Gasteiger partial charge in [0, 0.05) is 19.3 Å². The van der Waals surface area contributed by atoms with Crippen LogP contribution in [-0.2, 0) is 16.2 Å². The SMILES string of the molecule is CCO/N=C(/N)C1CN(c2c(F)cc3c(=O)c(C(=O)O)cn(CC)c3c2F)C/C1=N\OC. The molecule has 0 amide bonds. The van der Waals surface area contributed by atoms with E-state index in [1.165, 1.54) is 16.6 Å². The van der Waals surface area contributed by atoms with Gasteiger partial charge in [-0.1, -0.05) is 10.3 Å². The molecule has 12 heteroatoms. The smallest absolute Gasteiger partial charge is 0.341 e. The number of pyridine rings is 1. The molecule has 2 aromatic rings. The Morgan fingerprint density at radius 2 is 2.09 bits per heavy atom. The van der Waals surface area contributed by atoms with Gasteiger partial charge in [-0.25, -0.2) is 13.6 Å². The van der Waals surface area contributed by atoms with Gasteiger partial charge in [0.05, 0.1) is 29.1 Å². The van der Waals surface area contributed by atoms with Crippen molar-refractivity contribution in [3.63, 3.8) is 0 Å². The molecule has 2 heterocycles. The van der Waals surface area contributed by atoms with Crippen molar-refractivity contribution >= 4 is 34.1 Å². The van der Waals surface area contributed by atoms with Gasteiger partial charge in [-0.3, -0.25) is 4.79 Å². The van der Waals surface area contributed by atoms with Gasteiger partial charge in [-0.15, -0.1) is 0 Å². The Morgan fingerprint density at radius 1 is 1.38 bits per heavy atom. The summed E-state index contributed by atoms with van der Waals surface area (Å²) >= 11 is 0. The maximum Gasteiger partial charge on any atom is 0.341 e. The molecule has 0 saturated carbocycles. The average Bonchev–Trinajstić information content (AvgIpc) is 3.16. The summed E-state index contributed by atoms with van der Waals surface area (Å²) in [6.45, 7) is 3.85. The van der Waals surface area contributed by atoms with Crippen LogP contribution in [0, 0.1) is 17.6 Å². The maximum atomic E-state index is 15.6. The van der Waals surface area contributed by atoms with Crippen molar-refractivity contribution in [3.05, 3.63) is 39.7 Å². The number of aromatic nitrogens is 1. The lowest BCUT2D eigenvalue weighted by Crippen LogP contribution is -2.31. The Hall–Kier alpha value is -3.70. The molecule has 3 rings (SSSR count). The van der Waals surface area contributed by atoms with Crippen molar-refractivity contribution in [1.82, 2.24) is 4.57 Å². The Labute approximate surface area is 181 Å². The number of carbonyl (C=O) groups is 1. The lowest BCUT2D eigenvalue weighted by atomic mass is 10.1. The van der Waals surface area contributed by atoms with Gasteiger partial charge >= 0.3 is 5.97 Å². The fourth-order valence-corrected chi connectivity index (χ4v) is 3.71. The van der Waals surface area contributed by atoms with Crippen LogP contribution in [0.2, 0.25) is 0 Å². The van der Waals surface area contributed by atoms with E-state index in [1.807, 2.05) is 0 Å². The number of hydrogen-bond acceptors (Lipinski definition) is 7. The van der Waals surface area contributed by atoms with Crippen LogP contribution in [0.1, 0.15) is 24.2 Å². The highest BCUT2D eigenvalue weighted by Crippen LogP contribution is 2.33. The summed E-state index contributed by atoms with van der Waals surface area (Å²) in [5.74, 6) is -4.03. The van der Waals surface area contributed by atoms with Crippen LogP contribution in [0.25, 0.3) is 10.9 Å². The number of nitrogens with zero attached hydrogens (tertiary/aromatic N) is 4. The lowest BCUT2D eigenvalue weighted by molar-refractivity contribution is 0.0694. The Kier molecular flexibility index (Phi) is 6.61. The van der Waals surface area contributed by atoms with Crippen molar-refractivity contribution in [2.24, 2.45) is 22.0 Å². The zero-order valence-electron chi connectivity index (χ0n) is 17.8. The molecule has 10 nitrogen and oxygen atoms in total. The van der Waals surface area contributed by atoms with E-state index in [0.29, 0.717) is 5.71 Å². The minimum absolute atomic E-state index is 0.0102. The average molecular weight is 451 g/mol. The number of nitrogens with two attached hydrogens (primary N) is 1. The third-order valence-electron chi connectivity index (χ3n) is 5.14. The summed E-state index contributed by atoms with van der Waals surface area (Å²) in [4.78, 5) is 35.1. The predicted octanol–water partition coefficient (Wildman–Crippen LogP) is 1.75. The van der Waals surface area contributed by atoms with E-state index in [0.717, 1.165) is 12.3 Å². The Morgan fingerprint density at radius 3 is 2.69 bits per heavy atom. The van der Waals surface area contributed by atoms with Crippen molar-refractivity contribution in [2.45, 2.75) is 20.4 Å². The van der Waals surface area contributed by atoms with Crippen molar-refractivity contribution in [2.75, 3.05) is 31.7 Å². The molecule has 1 aromatic carbocycles. The van der Waals surface area contributed by atoms with E-state index >= 15 is 8.78 Å². The normalized spacial score (nSPS) is 17.9. The number of hydrogen-bond donors (Lipinski definition) is 2. The summed E-state index contributed by atoms with van der Waals surface area (Å²) < 4.78 is 32.0. The van der Waals surface area contributed by atoms with Gasteiger partial charge < -0.3 is 30.0 Å². The number of halogens is 2. The minimum atomic E-state index is -1.48. The summed E-state index contributed by atoms with van der Waals surface area (Å²) in [7, 11) is 1.33. The highest BCUT2D eigenvalue weighted by molar-refractivity contribution is 6.10. The highest BCUT2D eigenvalue weighted by Gasteiger charge is 2.36. The lowest BCUT2D eigenvalue weighted by Gasteiger charge is -2.21. The van der Waals surface area contributed by atoms with E-state index < -0.39 is 40.2 Å². The van der Waals surface area contributed by atoms with E-state index in [4.69, 9.17) is 15.4 Å². The molecule has 1 aromatic heterocycles. The van der Waals surface area contributed by atoms with Gasteiger partial charge in [0.1, 0.15) is 36.6 Å². The number of anilines is 1. The number of aryl methyl sites for hydroxylation is 1. The van der Waals surface area contributed by atoms with E-state index in [2.05, 4.69) is 10.3 Å². The number of rotatable bonds is 7. The van der Waals surface area contributed by atoms with Gasteiger partial charge in [-0.05, 0) is 19.9 Å². The van der Waals surface area contributed by atoms with Crippen LogP contribution in [0.4, 0.5) is 14.5 Å². The molecule has 0 spiro atoms. The van der Waals surface area contributed by atoms with Crippen molar-refractivity contribution in [3.8, 4) is 0 Å². The first-order chi connectivity index (χ1) is 15.2. The molecule has 1 aliphatic rings. The van der Waals surface area contributed by atoms with Crippen LogP contribution in [0.3, 0.4) is 0 Å². The molecule has 172 valence electrons. The first-order valence-corrected chi connectivity index (χ1v) is 9.83. The fraction of sp³-hybridized carbons (Fsp3) is 0.400. The molecule has 0 radical (unpaired) electrons. The van der Waals surface area contributed by atoms with Crippen molar-refractivity contribution in [1.29, 1.82) is 0 Å². The monoisotopic (exact) mass is 451 g/mol. The quantitative estimate of drug-likeness (QED) is 0.372. The number of carboxylic acid groups (broad SMARTS) is 1. The third-order valence-corrected chi connectivity index (χ3v) is 5.14. The standard InChI is InChI=1S/C20H23F2N5O5/c1-4-26-8-12(20(29)30)18(28)10-6-13(21)17(15(22)16(10)26)27-7-11(14(9-27)24-31-3)19(23)25-32-5-2/h6,8,11H,4-5,7,9H2,1-3H3,(H2,23,25)(H,29,30)/b24-14+. The summed E-state index contributed by atoms with van der Waals surface area (Å²) in [5, 5.41) is 16.6. The third kappa shape index (κ3) is 3.95. The van der Waals surface area contributed by atoms with E-state index in [9.17, 15) is 14.7 Å². The molecule has 1 unspecified atom stereocenters. The number of carboxylic acids is 1. The van der Waals surface area contributed by atoms with Crippen LogP contribution in [0.5, 0.6) is 0 Å². The van der Waals surface area contributed by atoms with Crippen LogP contribution >= 0.6 is 0 Å². The van der Waals surface area contributed by atoms with Gasteiger partial charge in [0.15, 0.2) is 5.82 Å². The Balaban J connectivity index is 2.17. The Bertz CT molecular complexity index is 1180. The molecule has 1 atom stereocenters. The van der Waals surface area contributed by atoms with Crippen LogP contribution in [0.15, 0.2) is 27.4 Å². The summed E-state index contributed by atoms with van der Waals surface area (Å²) in [6, 6.07) is 0.854. The number of oxime groups is 2. The number of amidine groups is 1. The van der Waals surface area contributed by atoms with E-state index in [1.54, 1.807) is 13.8 Å². The first-order valence-electron chi connectivity index (χ1n) is 9.83. The largest absolute Gasteiger partial charge is 0.477 e. The molecule has 1 aliphatic heterocycles. The fourth-order valence-electron chi connectivity index (χ4n) is 3.71. The molecular formula is C20H23F2N5O5. The zero-order chi connectivity index (χ0) is 23.6. The molecule has 0 bridgehead atoms. The molecular weight excluding hydrogens is 428 g/mol.